The fraction of sp³-hybridized carbons (Fsp3) is 0.800. The number of hydrogen-bond acceptors (Lipinski definition) is 3. The van der Waals surface area contributed by atoms with Crippen LogP contribution in [-0.4, -0.2) is 41.3 Å². The van der Waals surface area contributed by atoms with Gasteiger partial charge in [-0.3, -0.25) is 4.79 Å². The van der Waals surface area contributed by atoms with E-state index in [-0.39, 0.29) is 17.5 Å². The molecular formula is C10H15F3N2O3. The molecule has 0 aromatic carbocycles. The van der Waals surface area contributed by atoms with E-state index in [1.54, 1.807) is 0 Å². The van der Waals surface area contributed by atoms with Gasteiger partial charge in [-0.1, -0.05) is 6.92 Å². The van der Waals surface area contributed by atoms with Gasteiger partial charge in [-0.2, -0.15) is 13.2 Å². The summed E-state index contributed by atoms with van der Waals surface area (Å²) < 4.78 is 31.7. The number of carboxylic acids is 1. The van der Waals surface area contributed by atoms with Crippen LogP contribution in [0, 0.1) is 0 Å². The van der Waals surface area contributed by atoms with E-state index in [1.165, 1.54) is 0 Å². The third-order valence-electron chi connectivity index (χ3n) is 2.90. The molecule has 1 heterocycles. The summed E-state index contributed by atoms with van der Waals surface area (Å²) in [6.07, 6.45) is -1.88. The summed E-state index contributed by atoms with van der Waals surface area (Å²) >= 11 is 0. The molecule has 8 heteroatoms. The Balaban J connectivity index is 0.000000203. The molecule has 0 aromatic heterocycles. The number of carbonyl (C=O) groups excluding carboxylic acids is 1. The molecule has 1 unspecified atom stereocenters. The lowest BCUT2D eigenvalue weighted by Crippen LogP contribution is -2.59. The molecule has 5 nitrogen and oxygen atoms in total. The van der Waals surface area contributed by atoms with E-state index in [1.807, 2.05) is 6.92 Å². The number of hydrogen-bond donors (Lipinski definition) is 3. The van der Waals surface area contributed by atoms with E-state index in [9.17, 15) is 18.0 Å². The van der Waals surface area contributed by atoms with Crippen molar-refractivity contribution in [1.82, 2.24) is 10.6 Å². The third-order valence-corrected chi connectivity index (χ3v) is 2.90. The number of piperazine rings is 1. The van der Waals surface area contributed by atoms with E-state index in [0.29, 0.717) is 0 Å². The van der Waals surface area contributed by atoms with Gasteiger partial charge in [0.1, 0.15) is 0 Å². The SMILES string of the molecule is CCC1NCC2(CC2)NC1=O.O=C(O)C(F)(F)F. The monoisotopic (exact) mass is 268 g/mol. The van der Waals surface area contributed by atoms with Crippen molar-refractivity contribution in [2.75, 3.05) is 6.54 Å². The van der Waals surface area contributed by atoms with Crippen molar-refractivity contribution in [2.24, 2.45) is 0 Å². The van der Waals surface area contributed by atoms with Gasteiger partial charge in [-0.25, -0.2) is 4.79 Å². The summed E-state index contributed by atoms with van der Waals surface area (Å²) in [5.74, 6) is -2.57. The molecule has 1 spiro atoms. The van der Waals surface area contributed by atoms with Gasteiger partial charge in [0.2, 0.25) is 5.91 Å². The minimum Gasteiger partial charge on any atom is -0.475 e. The Morgan fingerprint density at radius 3 is 2.28 bits per heavy atom. The Hall–Kier alpha value is -1.31. The zero-order valence-corrected chi connectivity index (χ0v) is 9.80. The number of amides is 1. The largest absolute Gasteiger partial charge is 0.490 e. The molecule has 1 aliphatic heterocycles. The van der Waals surface area contributed by atoms with Gasteiger partial charge in [0.25, 0.3) is 0 Å². The van der Waals surface area contributed by atoms with Crippen molar-refractivity contribution >= 4 is 11.9 Å². The molecule has 0 bridgehead atoms. The fourth-order valence-corrected chi connectivity index (χ4v) is 1.59. The summed E-state index contributed by atoms with van der Waals surface area (Å²) in [7, 11) is 0. The zero-order valence-electron chi connectivity index (χ0n) is 9.80. The first-order chi connectivity index (χ1) is 8.20. The predicted molar refractivity (Wildman–Crippen MR) is 55.9 cm³/mol. The van der Waals surface area contributed by atoms with Gasteiger partial charge in [0, 0.05) is 6.54 Å². The van der Waals surface area contributed by atoms with Crippen LogP contribution >= 0.6 is 0 Å². The molecule has 1 atom stereocenters. The molecular weight excluding hydrogens is 253 g/mol. The van der Waals surface area contributed by atoms with Crippen molar-refractivity contribution in [3.63, 3.8) is 0 Å². The highest BCUT2D eigenvalue weighted by molar-refractivity contribution is 5.83. The summed E-state index contributed by atoms with van der Waals surface area (Å²) in [6, 6.07) is 0.0567. The number of rotatable bonds is 1. The van der Waals surface area contributed by atoms with Crippen LogP contribution in [0.1, 0.15) is 26.2 Å². The van der Waals surface area contributed by atoms with Crippen LogP contribution in [0.15, 0.2) is 0 Å². The standard InChI is InChI=1S/C8H14N2O.C2HF3O2/c1-2-6-7(11)10-8(3-4-8)5-9-6;3-2(4,5)1(6)7/h6,9H,2-5H2,1H3,(H,10,11);(H,6,7). The van der Waals surface area contributed by atoms with Crippen molar-refractivity contribution in [2.45, 2.75) is 43.9 Å². The first-order valence-electron chi connectivity index (χ1n) is 5.56. The van der Waals surface area contributed by atoms with Gasteiger partial charge >= 0.3 is 12.1 Å². The van der Waals surface area contributed by atoms with Gasteiger partial charge in [-0.05, 0) is 19.3 Å². The minimum atomic E-state index is -5.08. The van der Waals surface area contributed by atoms with Crippen LogP contribution in [0.5, 0.6) is 0 Å². The maximum absolute atomic E-state index is 11.3. The maximum Gasteiger partial charge on any atom is 0.490 e. The highest BCUT2D eigenvalue weighted by atomic mass is 19.4. The van der Waals surface area contributed by atoms with E-state index in [2.05, 4.69) is 10.6 Å². The first-order valence-corrected chi connectivity index (χ1v) is 5.56. The highest BCUT2D eigenvalue weighted by Gasteiger charge is 2.47. The Bertz CT molecular complexity index is 340. The number of carboxylic acid groups (broad SMARTS) is 1. The second kappa shape index (κ2) is 5.13. The Labute approximate surface area is 102 Å². The van der Waals surface area contributed by atoms with Crippen molar-refractivity contribution in [3.05, 3.63) is 0 Å². The molecule has 1 aliphatic carbocycles. The summed E-state index contributed by atoms with van der Waals surface area (Å²) in [6.45, 7) is 3.00. The Kier molecular flexibility index (Phi) is 4.20. The number of alkyl halides is 3. The van der Waals surface area contributed by atoms with Gasteiger partial charge in [0.15, 0.2) is 0 Å². The van der Waals surface area contributed by atoms with E-state index in [0.717, 1.165) is 25.8 Å². The molecule has 104 valence electrons. The fourth-order valence-electron chi connectivity index (χ4n) is 1.59. The Morgan fingerprint density at radius 1 is 1.50 bits per heavy atom. The molecule has 3 N–H and O–H groups in total. The van der Waals surface area contributed by atoms with E-state index >= 15 is 0 Å². The van der Waals surface area contributed by atoms with Gasteiger partial charge < -0.3 is 15.7 Å². The van der Waals surface area contributed by atoms with Crippen molar-refractivity contribution < 1.29 is 27.9 Å². The number of halogens is 3. The number of nitrogens with one attached hydrogen (secondary N) is 2. The first kappa shape index (κ1) is 14.7. The molecule has 0 radical (unpaired) electrons. The van der Waals surface area contributed by atoms with Crippen molar-refractivity contribution in [1.29, 1.82) is 0 Å². The van der Waals surface area contributed by atoms with Gasteiger partial charge in [0.05, 0.1) is 11.6 Å². The van der Waals surface area contributed by atoms with Crippen LogP contribution in [0.3, 0.4) is 0 Å². The lowest BCUT2D eigenvalue weighted by Gasteiger charge is -2.29. The molecule has 1 saturated heterocycles. The van der Waals surface area contributed by atoms with Crippen molar-refractivity contribution in [3.8, 4) is 0 Å². The van der Waals surface area contributed by atoms with Crippen LogP contribution in [0.25, 0.3) is 0 Å². The van der Waals surface area contributed by atoms with Gasteiger partial charge in [-0.15, -0.1) is 0 Å². The van der Waals surface area contributed by atoms with Crippen LogP contribution in [0.2, 0.25) is 0 Å². The topological polar surface area (TPSA) is 78.4 Å². The second-order valence-corrected chi connectivity index (χ2v) is 4.41. The minimum absolute atomic E-state index is 0.0567. The van der Waals surface area contributed by atoms with E-state index < -0.39 is 12.1 Å². The molecule has 2 aliphatic rings. The average Bonchev–Trinajstić information content (AvgIpc) is 2.97. The van der Waals surface area contributed by atoms with Crippen LogP contribution < -0.4 is 10.6 Å². The van der Waals surface area contributed by atoms with E-state index in [4.69, 9.17) is 9.90 Å². The zero-order chi connectivity index (χ0) is 14.0. The molecule has 0 aromatic rings. The summed E-state index contributed by atoms with van der Waals surface area (Å²) in [5.41, 5.74) is 0.169. The highest BCUT2D eigenvalue weighted by Crippen LogP contribution is 2.36. The molecule has 2 rings (SSSR count). The number of aliphatic carboxylic acids is 1. The quantitative estimate of drug-likeness (QED) is 0.652. The molecule has 1 saturated carbocycles. The summed E-state index contributed by atoms with van der Waals surface area (Å²) in [5, 5.41) is 13.5. The molecule has 2 fully saturated rings. The summed E-state index contributed by atoms with van der Waals surface area (Å²) in [4.78, 5) is 20.2. The van der Waals surface area contributed by atoms with Crippen LogP contribution in [0.4, 0.5) is 13.2 Å². The third kappa shape index (κ3) is 3.86. The molecule has 1 amide bonds. The maximum atomic E-state index is 11.3. The molecule has 18 heavy (non-hydrogen) atoms. The second-order valence-electron chi connectivity index (χ2n) is 4.41. The number of carbonyl (C=O) groups is 2. The Morgan fingerprint density at radius 2 is 2.00 bits per heavy atom. The van der Waals surface area contributed by atoms with Crippen LogP contribution in [-0.2, 0) is 9.59 Å². The normalized spacial score (nSPS) is 24.9. The lowest BCUT2D eigenvalue weighted by molar-refractivity contribution is -0.192. The lowest BCUT2D eigenvalue weighted by atomic mass is 10.1. The average molecular weight is 268 g/mol. The smallest absolute Gasteiger partial charge is 0.475 e. The predicted octanol–water partition coefficient (Wildman–Crippen LogP) is 0.650.